The van der Waals surface area contributed by atoms with Gasteiger partial charge in [-0.05, 0) is 26.3 Å². The van der Waals surface area contributed by atoms with Gasteiger partial charge in [0.15, 0.2) is 0 Å². The van der Waals surface area contributed by atoms with Crippen LogP contribution in [-0.4, -0.2) is 0 Å². The molecule has 0 atom stereocenters. The van der Waals surface area contributed by atoms with Crippen LogP contribution in [0.15, 0.2) is 60.3 Å². The maximum Gasteiger partial charge on any atom is -0.0299 e. The molecule has 0 N–H and O–H groups in total. The fourth-order valence-corrected chi connectivity index (χ4v) is 0.751. The molecule has 0 aliphatic carbocycles. The highest BCUT2D eigenvalue weighted by Gasteiger charge is 1.82. The van der Waals surface area contributed by atoms with E-state index in [0.717, 1.165) is 0 Å². The lowest BCUT2D eigenvalue weighted by molar-refractivity contribution is 1.46. The topological polar surface area (TPSA) is 0 Å². The third kappa shape index (κ3) is 5.92. The van der Waals surface area contributed by atoms with Gasteiger partial charge in [-0.2, -0.15) is 0 Å². The van der Waals surface area contributed by atoms with E-state index in [1.807, 2.05) is 26.0 Å². The first-order valence-electron chi connectivity index (χ1n) is 4.51. The summed E-state index contributed by atoms with van der Waals surface area (Å²) in [6.45, 7) is 9.78. The summed E-state index contributed by atoms with van der Waals surface area (Å²) in [5, 5.41) is 0. The lowest BCUT2D eigenvalue weighted by Crippen LogP contribution is -1.71. The smallest absolute Gasteiger partial charge is 0.0299 e. The predicted octanol–water partition coefficient (Wildman–Crippen LogP) is 4.20. The molecule has 0 aliphatic heterocycles. The van der Waals surface area contributed by atoms with Crippen LogP contribution in [0.25, 0.3) is 0 Å². The summed E-state index contributed by atoms with van der Waals surface area (Å²) in [4.78, 5) is 0. The van der Waals surface area contributed by atoms with Crippen molar-refractivity contribution >= 4 is 0 Å². The van der Waals surface area contributed by atoms with E-state index in [1.165, 1.54) is 11.1 Å². The van der Waals surface area contributed by atoms with Crippen molar-refractivity contribution in [3.05, 3.63) is 60.3 Å². The number of hydrogen-bond acceptors (Lipinski definition) is 0. The Labute approximate surface area is 81.7 Å². The molecular weight excluding hydrogens is 156 g/mol. The minimum absolute atomic E-state index is 1.20. The van der Waals surface area contributed by atoms with Crippen molar-refractivity contribution in [2.24, 2.45) is 0 Å². The van der Waals surface area contributed by atoms with E-state index in [2.05, 4.69) is 37.8 Å². The first-order chi connectivity index (χ1) is 6.24. The third-order valence-electron chi connectivity index (χ3n) is 1.75. The van der Waals surface area contributed by atoms with Crippen molar-refractivity contribution in [1.29, 1.82) is 0 Å². The lowest BCUT2D eigenvalue weighted by atomic mass is 10.1. The second-order valence-electron chi connectivity index (χ2n) is 2.75. The van der Waals surface area contributed by atoms with Gasteiger partial charge in [0.1, 0.15) is 0 Å². The van der Waals surface area contributed by atoms with Crippen LogP contribution in [0.3, 0.4) is 0 Å². The number of allylic oxidation sites excluding steroid dienone is 9. The van der Waals surface area contributed by atoms with Gasteiger partial charge in [0.25, 0.3) is 0 Å². The van der Waals surface area contributed by atoms with E-state index in [0.29, 0.717) is 0 Å². The highest BCUT2D eigenvalue weighted by atomic mass is 13.9. The van der Waals surface area contributed by atoms with Gasteiger partial charge in [0.2, 0.25) is 0 Å². The zero-order chi connectivity index (χ0) is 10.1. The van der Waals surface area contributed by atoms with Crippen LogP contribution in [0.5, 0.6) is 0 Å². The van der Waals surface area contributed by atoms with Crippen molar-refractivity contribution in [3.63, 3.8) is 0 Å². The molecule has 0 saturated heterocycles. The first kappa shape index (κ1) is 11.7. The normalized spacial score (nSPS) is 14.4. The maximum absolute atomic E-state index is 3.63. The Morgan fingerprint density at radius 1 is 1.00 bits per heavy atom. The zero-order valence-electron chi connectivity index (χ0n) is 8.75. The fourth-order valence-electron chi connectivity index (χ4n) is 0.751. The van der Waals surface area contributed by atoms with Crippen LogP contribution in [-0.2, 0) is 0 Å². The van der Waals surface area contributed by atoms with Crippen LogP contribution < -0.4 is 0 Å². The molecule has 0 saturated carbocycles. The summed E-state index contributed by atoms with van der Waals surface area (Å²) in [7, 11) is 0. The molecule has 70 valence electrons. The largest absolute Gasteiger partial charge is 0.0991 e. The second-order valence-corrected chi connectivity index (χ2v) is 2.75. The van der Waals surface area contributed by atoms with Crippen molar-refractivity contribution in [1.82, 2.24) is 0 Å². The molecule has 0 aromatic heterocycles. The molecule has 0 radical (unpaired) electrons. The molecule has 0 rings (SSSR count). The van der Waals surface area contributed by atoms with E-state index in [4.69, 9.17) is 0 Å². The molecule has 0 amide bonds. The zero-order valence-corrected chi connectivity index (χ0v) is 8.75. The first-order valence-corrected chi connectivity index (χ1v) is 4.51. The molecule has 0 spiro atoms. The molecule has 13 heavy (non-hydrogen) atoms. The van der Waals surface area contributed by atoms with E-state index < -0.39 is 0 Å². The Bertz CT molecular complexity index is 260. The van der Waals surface area contributed by atoms with Crippen LogP contribution in [0, 0.1) is 0 Å². The van der Waals surface area contributed by atoms with E-state index in [1.54, 1.807) is 6.08 Å². The molecule has 0 heterocycles. The summed E-state index contributed by atoms with van der Waals surface area (Å²) in [5.41, 5.74) is 2.47. The van der Waals surface area contributed by atoms with Crippen LogP contribution in [0.2, 0.25) is 0 Å². The molecular formula is C13H18. The van der Waals surface area contributed by atoms with Gasteiger partial charge >= 0.3 is 0 Å². The molecule has 0 aliphatic rings. The summed E-state index contributed by atoms with van der Waals surface area (Å²) in [6, 6.07) is 0. The Morgan fingerprint density at radius 2 is 1.69 bits per heavy atom. The number of hydrogen-bond donors (Lipinski definition) is 0. The van der Waals surface area contributed by atoms with Crippen molar-refractivity contribution < 1.29 is 0 Å². The summed E-state index contributed by atoms with van der Waals surface area (Å²) < 4.78 is 0. The van der Waals surface area contributed by atoms with Gasteiger partial charge in [0, 0.05) is 0 Å². The Hall–Kier alpha value is -1.30. The van der Waals surface area contributed by atoms with Crippen LogP contribution >= 0.6 is 0 Å². The molecule has 0 nitrogen and oxygen atoms in total. The standard InChI is InChI=1S/C13H18/c1-5-8-9-13(7-3)11-10-12(4)6-2/h5-11H,1H2,2-4H3/b9-8-,11-10+,12-6+,13-7+. The maximum atomic E-state index is 3.63. The number of rotatable bonds is 4. The SMILES string of the molecule is C=C\C=C/C(/C=C/C(C)=C/C)=C\C. The predicted molar refractivity (Wildman–Crippen MR) is 61.7 cm³/mol. The van der Waals surface area contributed by atoms with Crippen molar-refractivity contribution in [3.8, 4) is 0 Å². The summed E-state index contributed by atoms with van der Waals surface area (Å²) in [5.74, 6) is 0. The molecule has 0 bridgehead atoms. The molecule has 0 heteroatoms. The van der Waals surface area contributed by atoms with Gasteiger partial charge < -0.3 is 0 Å². The van der Waals surface area contributed by atoms with Crippen molar-refractivity contribution in [2.75, 3.05) is 0 Å². The Morgan fingerprint density at radius 3 is 2.15 bits per heavy atom. The average molecular weight is 174 g/mol. The lowest BCUT2D eigenvalue weighted by Gasteiger charge is -1.91. The van der Waals surface area contributed by atoms with Crippen molar-refractivity contribution in [2.45, 2.75) is 20.8 Å². The third-order valence-corrected chi connectivity index (χ3v) is 1.75. The highest BCUT2D eigenvalue weighted by molar-refractivity contribution is 5.34. The monoisotopic (exact) mass is 174 g/mol. The summed E-state index contributed by atoms with van der Waals surface area (Å²) >= 11 is 0. The minimum Gasteiger partial charge on any atom is -0.0991 e. The van der Waals surface area contributed by atoms with E-state index in [-0.39, 0.29) is 0 Å². The molecule has 0 aromatic carbocycles. The molecule has 0 fully saturated rings. The molecule has 0 unspecified atom stereocenters. The van der Waals surface area contributed by atoms with Crippen LogP contribution in [0.4, 0.5) is 0 Å². The van der Waals surface area contributed by atoms with Gasteiger partial charge in [-0.25, -0.2) is 0 Å². The van der Waals surface area contributed by atoms with Gasteiger partial charge in [-0.3, -0.25) is 0 Å². The van der Waals surface area contributed by atoms with Gasteiger partial charge in [0.05, 0.1) is 0 Å². The average Bonchev–Trinajstić information content (AvgIpc) is 2.17. The Balaban J connectivity index is 4.39. The molecule has 0 aromatic rings. The minimum atomic E-state index is 1.20. The fraction of sp³-hybridized carbons (Fsp3) is 0.231. The second kappa shape index (κ2) is 7.35. The van der Waals surface area contributed by atoms with E-state index >= 15 is 0 Å². The Kier molecular flexibility index (Phi) is 6.62. The van der Waals surface area contributed by atoms with Gasteiger partial charge in [-0.15, -0.1) is 0 Å². The van der Waals surface area contributed by atoms with Crippen LogP contribution in [0.1, 0.15) is 20.8 Å². The summed E-state index contributed by atoms with van der Waals surface area (Å²) in [6.07, 6.45) is 14.1. The quantitative estimate of drug-likeness (QED) is 0.560. The van der Waals surface area contributed by atoms with Gasteiger partial charge in [-0.1, -0.05) is 54.7 Å². The highest BCUT2D eigenvalue weighted by Crippen LogP contribution is 2.03. The van der Waals surface area contributed by atoms with E-state index in [9.17, 15) is 0 Å².